The van der Waals surface area contributed by atoms with E-state index < -0.39 is 0 Å². The smallest absolute Gasteiger partial charge is 0.0168 e. The van der Waals surface area contributed by atoms with Crippen LogP contribution in [0.2, 0.25) is 0 Å². The molecule has 4 rings (SSSR count). The van der Waals surface area contributed by atoms with Crippen LogP contribution in [0.25, 0.3) is 16.8 Å². The zero-order valence-electron chi connectivity index (χ0n) is 9.03. The van der Waals surface area contributed by atoms with Gasteiger partial charge in [0.15, 0.2) is 0 Å². The lowest BCUT2D eigenvalue weighted by atomic mass is 9.76. The van der Waals surface area contributed by atoms with Crippen molar-refractivity contribution in [1.82, 2.24) is 0 Å². The minimum atomic E-state index is 0.620. The molecule has 16 heavy (non-hydrogen) atoms. The summed E-state index contributed by atoms with van der Waals surface area (Å²) in [5.74, 6) is 0.620. The lowest BCUT2D eigenvalue weighted by molar-refractivity contribution is 0.703. The number of benzene rings is 2. The van der Waals surface area contributed by atoms with Crippen LogP contribution in [0.4, 0.5) is 0 Å². The summed E-state index contributed by atoms with van der Waals surface area (Å²) in [7, 11) is 0. The Bertz CT molecular complexity index is 605. The average molecular weight is 204 g/mol. The first-order chi connectivity index (χ1) is 7.93. The molecule has 0 aliphatic heterocycles. The van der Waals surface area contributed by atoms with Gasteiger partial charge in [0.1, 0.15) is 0 Å². The molecule has 0 saturated heterocycles. The van der Waals surface area contributed by atoms with Crippen LogP contribution in [0, 0.1) is 6.42 Å². The van der Waals surface area contributed by atoms with E-state index in [1.807, 2.05) is 0 Å². The fraction of sp³-hybridized carbons (Fsp3) is 0.188. The lowest BCUT2D eigenvalue weighted by Gasteiger charge is -2.28. The summed E-state index contributed by atoms with van der Waals surface area (Å²) in [6.45, 7) is 0. The fourth-order valence-corrected chi connectivity index (χ4v) is 3.03. The van der Waals surface area contributed by atoms with Gasteiger partial charge in [-0.05, 0) is 40.3 Å². The first-order valence-corrected chi connectivity index (χ1v) is 5.91. The van der Waals surface area contributed by atoms with Crippen molar-refractivity contribution < 1.29 is 0 Å². The molecular formula is C16H12. The zero-order valence-corrected chi connectivity index (χ0v) is 9.03. The Morgan fingerprint density at radius 2 is 2.12 bits per heavy atom. The van der Waals surface area contributed by atoms with Gasteiger partial charge in [0.05, 0.1) is 0 Å². The molecule has 2 aromatic rings. The highest BCUT2D eigenvalue weighted by Crippen LogP contribution is 2.42. The maximum atomic E-state index is 3.51. The Balaban J connectivity index is 2.21. The molecule has 0 aromatic heterocycles. The summed E-state index contributed by atoms with van der Waals surface area (Å²) in [5.41, 5.74) is 4.22. The standard InChI is InChI=1S/C16H12/c1-3-11-7-9-13-5-2-6-14-10-8-12(4-1)15(11)16(13)14/h1,3-4,7-10,13H,2,5H2. The van der Waals surface area contributed by atoms with E-state index in [1.54, 1.807) is 0 Å². The third kappa shape index (κ3) is 0.996. The summed E-state index contributed by atoms with van der Waals surface area (Å²) >= 11 is 0. The van der Waals surface area contributed by atoms with Crippen molar-refractivity contribution >= 4 is 16.8 Å². The lowest BCUT2D eigenvalue weighted by Crippen LogP contribution is -2.10. The van der Waals surface area contributed by atoms with Crippen molar-refractivity contribution in [2.75, 3.05) is 0 Å². The van der Waals surface area contributed by atoms with E-state index in [-0.39, 0.29) is 0 Å². The van der Waals surface area contributed by atoms with Crippen LogP contribution in [0.1, 0.15) is 35.4 Å². The van der Waals surface area contributed by atoms with Crippen LogP contribution in [0.15, 0.2) is 36.4 Å². The van der Waals surface area contributed by atoms with Gasteiger partial charge in [-0.25, -0.2) is 0 Å². The first kappa shape index (κ1) is 8.58. The van der Waals surface area contributed by atoms with E-state index in [4.69, 9.17) is 0 Å². The largest absolute Gasteiger partial charge is 0.0764 e. The molecule has 2 aliphatic rings. The average Bonchev–Trinajstić information content (AvgIpc) is 2.36. The van der Waals surface area contributed by atoms with Crippen molar-refractivity contribution in [3.05, 3.63) is 59.5 Å². The maximum Gasteiger partial charge on any atom is 0.0168 e. The quantitative estimate of drug-likeness (QED) is 0.604. The molecule has 0 bridgehead atoms. The molecule has 1 atom stereocenters. The Hall–Kier alpha value is -1.56. The molecule has 0 heterocycles. The molecule has 0 heteroatoms. The zero-order chi connectivity index (χ0) is 10.5. The van der Waals surface area contributed by atoms with Gasteiger partial charge < -0.3 is 0 Å². The molecule has 0 N–H and O–H groups in total. The highest BCUT2D eigenvalue weighted by atomic mass is 14.3. The van der Waals surface area contributed by atoms with Crippen LogP contribution in [-0.2, 0) is 0 Å². The summed E-state index contributed by atoms with van der Waals surface area (Å²) in [6, 6.07) is 11.0. The molecule has 0 amide bonds. The van der Waals surface area contributed by atoms with E-state index in [2.05, 4.69) is 48.9 Å². The number of rotatable bonds is 0. The van der Waals surface area contributed by atoms with Crippen LogP contribution in [0.5, 0.6) is 0 Å². The first-order valence-electron chi connectivity index (χ1n) is 5.91. The molecule has 0 fully saturated rings. The molecule has 1 unspecified atom stereocenters. The van der Waals surface area contributed by atoms with Gasteiger partial charge in [-0.2, -0.15) is 0 Å². The van der Waals surface area contributed by atoms with E-state index >= 15 is 0 Å². The van der Waals surface area contributed by atoms with Gasteiger partial charge in [0.2, 0.25) is 0 Å². The van der Waals surface area contributed by atoms with E-state index in [9.17, 15) is 0 Å². The minimum Gasteiger partial charge on any atom is -0.0764 e. The molecule has 2 aliphatic carbocycles. The van der Waals surface area contributed by atoms with Gasteiger partial charge in [-0.3, -0.25) is 0 Å². The Morgan fingerprint density at radius 1 is 1.12 bits per heavy atom. The molecule has 2 radical (unpaired) electrons. The van der Waals surface area contributed by atoms with E-state index in [0.717, 1.165) is 6.42 Å². The SMILES string of the molecule is [C]1CCC2C=Cc3cccc4ccc1c2c34. The van der Waals surface area contributed by atoms with Gasteiger partial charge in [0, 0.05) is 12.3 Å². The topological polar surface area (TPSA) is 0 Å². The molecular weight excluding hydrogens is 192 g/mol. The third-order valence-electron chi connectivity index (χ3n) is 3.77. The summed E-state index contributed by atoms with van der Waals surface area (Å²) in [6.07, 6.45) is 10.5. The van der Waals surface area contributed by atoms with Crippen molar-refractivity contribution in [3.8, 4) is 0 Å². The highest BCUT2D eigenvalue weighted by Gasteiger charge is 2.24. The maximum absolute atomic E-state index is 3.51. The fourth-order valence-electron chi connectivity index (χ4n) is 3.03. The van der Waals surface area contributed by atoms with E-state index in [1.165, 1.54) is 33.9 Å². The van der Waals surface area contributed by atoms with Crippen molar-refractivity contribution in [2.45, 2.75) is 18.8 Å². The van der Waals surface area contributed by atoms with Crippen molar-refractivity contribution in [1.29, 1.82) is 0 Å². The van der Waals surface area contributed by atoms with Crippen molar-refractivity contribution in [3.63, 3.8) is 0 Å². The van der Waals surface area contributed by atoms with Gasteiger partial charge in [-0.1, -0.05) is 42.5 Å². The molecule has 2 aromatic carbocycles. The molecule has 0 spiro atoms. The summed E-state index contributed by atoms with van der Waals surface area (Å²) < 4.78 is 0. The van der Waals surface area contributed by atoms with Crippen LogP contribution < -0.4 is 0 Å². The van der Waals surface area contributed by atoms with E-state index in [0.29, 0.717) is 5.92 Å². The number of allylic oxidation sites excluding steroid dienone is 1. The summed E-state index contributed by atoms with van der Waals surface area (Å²) in [4.78, 5) is 0. The Kier molecular flexibility index (Phi) is 1.59. The predicted molar refractivity (Wildman–Crippen MR) is 67.3 cm³/mol. The molecule has 0 nitrogen and oxygen atoms in total. The normalized spacial score (nSPS) is 21.4. The van der Waals surface area contributed by atoms with Crippen LogP contribution in [-0.4, -0.2) is 0 Å². The second kappa shape index (κ2) is 2.98. The van der Waals surface area contributed by atoms with Crippen molar-refractivity contribution in [2.24, 2.45) is 0 Å². The minimum absolute atomic E-state index is 0.620. The Morgan fingerprint density at radius 3 is 3.12 bits per heavy atom. The molecule has 76 valence electrons. The van der Waals surface area contributed by atoms with Crippen LogP contribution >= 0.6 is 0 Å². The highest BCUT2D eigenvalue weighted by molar-refractivity contribution is 5.97. The summed E-state index contributed by atoms with van der Waals surface area (Å²) in [5, 5.41) is 2.83. The molecule has 0 saturated carbocycles. The second-order valence-corrected chi connectivity index (χ2v) is 4.65. The number of hydrogen-bond acceptors (Lipinski definition) is 0. The number of hydrogen-bond donors (Lipinski definition) is 0. The van der Waals surface area contributed by atoms with Gasteiger partial charge in [0.25, 0.3) is 0 Å². The second-order valence-electron chi connectivity index (χ2n) is 4.65. The van der Waals surface area contributed by atoms with Crippen LogP contribution in [0.3, 0.4) is 0 Å². The monoisotopic (exact) mass is 204 g/mol. The predicted octanol–water partition coefficient (Wildman–Crippen LogP) is 4.17. The Labute approximate surface area is 95.6 Å². The van der Waals surface area contributed by atoms with Gasteiger partial charge >= 0.3 is 0 Å². The third-order valence-corrected chi connectivity index (χ3v) is 3.77. The van der Waals surface area contributed by atoms with Gasteiger partial charge in [-0.15, -0.1) is 0 Å².